The van der Waals surface area contributed by atoms with Gasteiger partial charge in [-0.1, -0.05) is 37.5 Å². The Hall–Kier alpha value is -0.325. The van der Waals surface area contributed by atoms with Crippen molar-refractivity contribution >= 4 is 22.0 Å². The van der Waals surface area contributed by atoms with Crippen LogP contribution in [0.25, 0.3) is 0 Å². The highest BCUT2D eigenvalue weighted by Crippen LogP contribution is 2.02. The molecule has 66 valence electrons. The van der Waals surface area contributed by atoms with Gasteiger partial charge in [-0.3, -0.25) is 0 Å². The summed E-state index contributed by atoms with van der Waals surface area (Å²) in [5, 5.41) is 0. The average Bonchev–Trinajstić information content (AvgIpc) is 2.05. The zero-order valence-corrected chi connectivity index (χ0v) is 8.58. The minimum absolute atomic E-state index is 1.04. The molecule has 1 aliphatic carbocycles. The summed E-state index contributed by atoms with van der Waals surface area (Å²) >= 11 is 0. The molecule has 0 aromatic heterocycles. The van der Waals surface area contributed by atoms with Crippen LogP contribution in [0.3, 0.4) is 0 Å². The maximum absolute atomic E-state index is 4.96. The van der Waals surface area contributed by atoms with Gasteiger partial charge >= 0.3 is 0 Å². The lowest BCUT2D eigenvalue weighted by Crippen LogP contribution is -1.98. The maximum atomic E-state index is 4.96. The van der Waals surface area contributed by atoms with Crippen LogP contribution in [0.4, 0.5) is 0 Å². The average molecular weight is 170 g/mol. The summed E-state index contributed by atoms with van der Waals surface area (Å²) in [7, 11) is 8.42. The molecule has 0 saturated carbocycles. The van der Waals surface area contributed by atoms with Crippen LogP contribution in [-0.2, 0) is 0 Å². The van der Waals surface area contributed by atoms with Gasteiger partial charge in [0.25, 0.3) is 0 Å². The van der Waals surface area contributed by atoms with E-state index in [4.69, 9.17) is 7.74 Å². The Morgan fingerprint density at radius 1 is 1.00 bits per heavy atom. The molecule has 4 radical (unpaired) electrons. The van der Waals surface area contributed by atoms with E-state index in [1.54, 1.807) is 7.06 Å². The molecule has 0 saturated heterocycles. The largest absolute Gasteiger partial charge is 0.0923 e. The summed E-state index contributed by atoms with van der Waals surface area (Å²) in [5.41, 5.74) is 0. The van der Waals surface area contributed by atoms with E-state index in [1.165, 1.54) is 25.7 Å². The standard InChI is InChI=1S/C8H12.C2H5B3/c1-2-4-6-8-7-5-3-1;1-2-4-5-3/h1-2,7-8H,3-6H2;2H2,1H3. The first-order valence-electron chi connectivity index (χ1n) is 5.08. The summed E-state index contributed by atoms with van der Waals surface area (Å²) in [6.45, 7) is 2.04. The third-order valence-electron chi connectivity index (χ3n) is 1.71. The zero-order valence-electron chi connectivity index (χ0n) is 8.58. The monoisotopic (exact) mass is 170 g/mol. The molecule has 0 fully saturated rings. The van der Waals surface area contributed by atoms with Gasteiger partial charge in [-0.25, -0.2) is 0 Å². The molecule has 0 spiro atoms. The molecular formula is C10H17B3. The van der Waals surface area contributed by atoms with Gasteiger partial charge in [0, 0.05) is 14.8 Å². The number of rotatable bonds is 2. The van der Waals surface area contributed by atoms with Crippen molar-refractivity contribution in [2.24, 2.45) is 0 Å². The highest BCUT2D eigenvalue weighted by atomic mass is 13.9. The van der Waals surface area contributed by atoms with Gasteiger partial charge in [0.05, 0.1) is 7.17 Å². The van der Waals surface area contributed by atoms with Crippen LogP contribution >= 0.6 is 0 Å². The predicted molar refractivity (Wildman–Crippen MR) is 64.5 cm³/mol. The van der Waals surface area contributed by atoms with Crippen molar-refractivity contribution in [2.45, 2.75) is 38.9 Å². The van der Waals surface area contributed by atoms with E-state index in [0.717, 1.165) is 6.32 Å². The summed E-state index contributed by atoms with van der Waals surface area (Å²) < 4.78 is 0. The fraction of sp³-hybridized carbons (Fsp3) is 0.600. The van der Waals surface area contributed by atoms with Gasteiger partial charge < -0.3 is 0 Å². The molecule has 0 nitrogen and oxygen atoms in total. The Kier molecular flexibility index (Phi) is 11.4. The maximum Gasteiger partial charge on any atom is 0.0541 e. The van der Waals surface area contributed by atoms with E-state index in [-0.39, 0.29) is 0 Å². The van der Waals surface area contributed by atoms with Crippen LogP contribution in [0.2, 0.25) is 6.32 Å². The highest BCUT2D eigenvalue weighted by Gasteiger charge is 1.81. The fourth-order valence-electron chi connectivity index (χ4n) is 0.992. The second-order valence-corrected chi connectivity index (χ2v) is 2.93. The molecule has 0 unspecified atom stereocenters. The van der Waals surface area contributed by atoms with Crippen LogP contribution < -0.4 is 0 Å². The molecule has 13 heavy (non-hydrogen) atoms. The van der Waals surface area contributed by atoms with E-state index < -0.39 is 0 Å². The highest BCUT2D eigenvalue weighted by molar-refractivity contribution is 7.23. The van der Waals surface area contributed by atoms with Crippen molar-refractivity contribution in [1.82, 2.24) is 0 Å². The van der Waals surface area contributed by atoms with Crippen LogP contribution in [0.1, 0.15) is 32.6 Å². The van der Waals surface area contributed by atoms with E-state index >= 15 is 0 Å². The van der Waals surface area contributed by atoms with E-state index in [2.05, 4.69) is 24.3 Å². The van der Waals surface area contributed by atoms with Crippen LogP contribution in [0, 0.1) is 0 Å². The van der Waals surface area contributed by atoms with Crippen molar-refractivity contribution in [3.8, 4) is 0 Å². The lowest BCUT2D eigenvalue weighted by molar-refractivity contribution is 0.962. The van der Waals surface area contributed by atoms with Crippen molar-refractivity contribution in [3.05, 3.63) is 24.3 Å². The second-order valence-electron chi connectivity index (χ2n) is 2.93. The predicted octanol–water partition coefficient (Wildman–Crippen LogP) is 2.50. The molecule has 0 atom stereocenters. The molecule has 0 aliphatic heterocycles. The molecule has 0 bridgehead atoms. The van der Waals surface area contributed by atoms with Crippen molar-refractivity contribution in [1.29, 1.82) is 0 Å². The normalized spacial score (nSPS) is 14.8. The lowest BCUT2D eigenvalue weighted by Gasteiger charge is -1.92. The van der Waals surface area contributed by atoms with Crippen molar-refractivity contribution < 1.29 is 0 Å². The summed E-state index contributed by atoms with van der Waals surface area (Å²) in [4.78, 5) is 0. The van der Waals surface area contributed by atoms with Gasteiger partial charge in [-0.2, -0.15) is 0 Å². The third-order valence-corrected chi connectivity index (χ3v) is 1.71. The van der Waals surface area contributed by atoms with E-state index in [9.17, 15) is 0 Å². The quantitative estimate of drug-likeness (QED) is 0.440. The Balaban J connectivity index is 0.000000252. The van der Waals surface area contributed by atoms with Crippen molar-refractivity contribution in [2.75, 3.05) is 0 Å². The minimum atomic E-state index is 1.04. The molecule has 3 heteroatoms. The van der Waals surface area contributed by atoms with E-state index in [1.807, 2.05) is 14.1 Å². The number of allylic oxidation sites excluding steroid dienone is 4. The first-order valence-corrected chi connectivity index (χ1v) is 5.08. The first-order chi connectivity index (χ1) is 6.41. The topological polar surface area (TPSA) is 0 Å². The van der Waals surface area contributed by atoms with Crippen molar-refractivity contribution in [3.63, 3.8) is 0 Å². The van der Waals surface area contributed by atoms with Gasteiger partial charge in [-0.05, 0) is 25.7 Å². The number of hydrogen-bond acceptors (Lipinski definition) is 0. The molecular weight excluding hydrogens is 153 g/mol. The Morgan fingerprint density at radius 2 is 1.38 bits per heavy atom. The molecule has 1 aliphatic rings. The first kappa shape index (κ1) is 12.7. The van der Waals surface area contributed by atoms with E-state index in [0.29, 0.717) is 0 Å². The SMILES string of the molecule is C1=CCCC=CCC1.[B][B][B]CC. The smallest absolute Gasteiger partial charge is 0.0541 e. The lowest BCUT2D eigenvalue weighted by atomic mass is 9.27. The molecule has 0 N–H and O–H groups in total. The van der Waals surface area contributed by atoms with Gasteiger partial charge in [0.15, 0.2) is 0 Å². The van der Waals surface area contributed by atoms with Gasteiger partial charge in [0.1, 0.15) is 0 Å². The van der Waals surface area contributed by atoms with Crippen LogP contribution in [0.5, 0.6) is 0 Å². The third kappa shape index (κ3) is 11.7. The molecule has 0 aromatic rings. The molecule has 1 rings (SSSR count). The molecule has 0 amide bonds. The summed E-state index contributed by atoms with van der Waals surface area (Å²) in [6, 6.07) is 0. The Labute approximate surface area is 85.7 Å². The minimum Gasteiger partial charge on any atom is -0.0923 e. The van der Waals surface area contributed by atoms with Crippen LogP contribution in [-0.4, -0.2) is 22.0 Å². The molecule has 0 heterocycles. The Morgan fingerprint density at radius 3 is 1.54 bits per heavy atom. The second kappa shape index (κ2) is 11.7. The Bertz CT molecular complexity index is 113. The zero-order chi connectivity index (χ0) is 9.78. The fourth-order valence-corrected chi connectivity index (χ4v) is 0.992. The number of hydrogen-bond donors (Lipinski definition) is 0. The van der Waals surface area contributed by atoms with Gasteiger partial charge in [-0.15, -0.1) is 0 Å². The summed E-state index contributed by atoms with van der Waals surface area (Å²) in [6.07, 6.45) is 15.0. The molecule has 0 aromatic carbocycles. The van der Waals surface area contributed by atoms with Crippen LogP contribution in [0.15, 0.2) is 24.3 Å². The van der Waals surface area contributed by atoms with Gasteiger partial charge in [0.2, 0.25) is 0 Å². The summed E-state index contributed by atoms with van der Waals surface area (Å²) in [5.74, 6) is 0.